The molecule has 1 aliphatic rings. The van der Waals surface area contributed by atoms with Gasteiger partial charge in [-0.1, -0.05) is 0 Å². The summed E-state index contributed by atoms with van der Waals surface area (Å²) in [6.07, 6.45) is 1.59. The topological polar surface area (TPSA) is 44.7 Å². The minimum absolute atomic E-state index is 0.0556. The highest BCUT2D eigenvalue weighted by Crippen LogP contribution is 1.94. The summed E-state index contributed by atoms with van der Waals surface area (Å²) in [5.74, 6) is -0.0556. The molecule has 50 valence electrons. The first-order chi connectivity index (χ1) is 4.22. The van der Waals surface area contributed by atoms with E-state index in [1.807, 2.05) is 14.1 Å². The lowest BCUT2D eigenvalue weighted by Crippen LogP contribution is -2.37. The van der Waals surface area contributed by atoms with E-state index >= 15 is 0 Å². The highest BCUT2D eigenvalue weighted by atomic mass is 16.2. The first kappa shape index (κ1) is 6.22. The van der Waals surface area contributed by atoms with Crippen LogP contribution in [0.1, 0.15) is 0 Å². The number of carbonyl (C=O) groups excluding carboxylic acids is 1. The Morgan fingerprint density at radius 2 is 2.44 bits per heavy atom. The Balaban J connectivity index is 2.59. The minimum Gasteiger partial charge on any atom is -0.294 e. The lowest BCUT2D eigenvalue weighted by molar-refractivity contribution is -0.122. The van der Waals surface area contributed by atoms with E-state index in [0.717, 1.165) is 0 Å². The third kappa shape index (κ3) is 1.08. The Labute approximate surface area is 53.5 Å². The van der Waals surface area contributed by atoms with Crippen LogP contribution in [0.4, 0.5) is 0 Å². The molecule has 0 aliphatic carbocycles. The predicted octanol–water partition coefficient (Wildman–Crippen LogP) is -0.968. The van der Waals surface area contributed by atoms with Crippen molar-refractivity contribution >= 4 is 12.1 Å². The van der Waals surface area contributed by atoms with Crippen molar-refractivity contribution in [2.45, 2.75) is 6.04 Å². The molecule has 0 saturated heterocycles. The largest absolute Gasteiger partial charge is 0.294 e. The molecule has 0 aromatic carbocycles. The zero-order chi connectivity index (χ0) is 6.85. The number of hydrogen-bond acceptors (Lipinski definition) is 3. The molecular formula is C5H9N3O. The first-order valence-electron chi connectivity index (χ1n) is 2.71. The fourth-order valence-corrected chi connectivity index (χ4v) is 0.673. The van der Waals surface area contributed by atoms with E-state index in [9.17, 15) is 4.79 Å². The molecule has 4 nitrogen and oxygen atoms in total. The Morgan fingerprint density at radius 3 is 2.67 bits per heavy atom. The van der Waals surface area contributed by atoms with Gasteiger partial charge in [-0.15, -0.1) is 0 Å². The number of rotatable bonds is 1. The van der Waals surface area contributed by atoms with Crippen molar-refractivity contribution in [2.24, 2.45) is 5.10 Å². The van der Waals surface area contributed by atoms with Crippen LogP contribution in [0.3, 0.4) is 0 Å². The molecule has 0 bridgehead atoms. The average molecular weight is 127 g/mol. The predicted molar refractivity (Wildman–Crippen MR) is 34.1 cm³/mol. The standard InChI is InChI=1S/C5H9N3O/c1-8(2)4-3-6-7-5(4)9/h3-4H,1-2H3,(H,7,9). The molecule has 1 atom stereocenters. The van der Waals surface area contributed by atoms with Gasteiger partial charge in [0.15, 0.2) is 0 Å². The van der Waals surface area contributed by atoms with Crippen LogP contribution in [0.15, 0.2) is 5.10 Å². The molecule has 1 N–H and O–H groups in total. The fraction of sp³-hybridized carbons (Fsp3) is 0.600. The van der Waals surface area contributed by atoms with Gasteiger partial charge in [-0.05, 0) is 14.1 Å². The lowest BCUT2D eigenvalue weighted by atomic mass is 10.3. The van der Waals surface area contributed by atoms with Gasteiger partial charge in [0.05, 0.1) is 6.21 Å². The van der Waals surface area contributed by atoms with Gasteiger partial charge in [0, 0.05) is 0 Å². The number of nitrogens with zero attached hydrogens (tertiary/aromatic N) is 2. The number of hydrazone groups is 1. The molecule has 4 heteroatoms. The van der Waals surface area contributed by atoms with Crippen molar-refractivity contribution in [1.82, 2.24) is 10.3 Å². The van der Waals surface area contributed by atoms with E-state index < -0.39 is 0 Å². The maximum absolute atomic E-state index is 10.7. The molecule has 1 rings (SSSR count). The highest BCUT2D eigenvalue weighted by Gasteiger charge is 2.21. The van der Waals surface area contributed by atoms with Crippen molar-refractivity contribution in [2.75, 3.05) is 14.1 Å². The molecular weight excluding hydrogens is 118 g/mol. The van der Waals surface area contributed by atoms with Crippen LogP contribution in [-0.2, 0) is 4.79 Å². The van der Waals surface area contributed by atoms with Gasteiger partial charge < -0.3 is 0 Å². The van der Waals surface area contributed by atoms with E-state index in [1.165, 1.54) is 0 Å². The molecule has 1 heterocycles. The van der Waals surface area contributed by atoms with Crippen molar-refractivity contribution in [3.63, 3.8) is 0 Å². The Bertz CT molecular complexity index is 152. The van der Waals surface area contributed by atoms with Gasteiger partial charge in [0.2, 0.25) is 0 Å². The average Bonchev–Trinajstić information content (AvgIpc) is 2.13. The van der Waals surface area contributed by atoms with Crippen LogP contribution in [0, 0.1) is 0 Å². The second kappa shape index (κ2) is 2.14. The normalized spacial score (nSPS) is 25.2. The zero-order valence-electron chi connectivity index (χ0n) is 5.46. The van der Waals surface area contributed by atoms with Crippen molar-refractivity contribution in [3.8, 4) is 0 Å². The van der Waals surface area contributed by atoms with Crippen molar-refractivity contribution < 1.29 is 4.79 Å². The Morgan fingerprint density at radius 1 is 1.78 bits per heavy atom. The summed E-state index contributed by atoms with van der Waals surface area (Å²) in [4.78, 5) is 12.5. The van der Waals surface area contributed by atoms with Crippen LogP contribution in [0.25, 0.3) is 0 Å². The maximum atomic E-state index is 10.7. The zero-order valence-corrected chi connectivity index (χ0v) is 5.46. The number of likely N-dealkylation sites (N-methyl/N-ethyl adjacent to an activating group) is 1. The second-order valence-corrected chi connectivity index (χ2v) is 2.16. The smallest absolute Gasteiger partial charge is 0.263 e. The summed E-state index contributed by atoms with van der Waals surface area (Å²) in [5, 5.41) is 3.60. The number of hydrogen-bond donors (Lipinski definition) is 1. The van der Waals surface area contributed by atoms with E-state index in [0.29, 0.717) is 0 Å². The van der Waals surface area contributed by atoms with Gasteiger partial charge in [-0.2, -0.15) is 5.10 Å². The maximum Gasteiger partial charge on any atom is 0.263 e. The molecule has 0 spiro atoms. The summed E-state index contributed by atoms with van der Waals surface area (Å²) < 4.78 is 0. The summed E-state index contributed by atoms with van der Waals surface area (Å²) in [6, 6.07) is -0.176. The third-order valence-electron chi connectivity index (χ3n) is 1.22. The van der Waals surface area contributed by atoms with Gasteiger partial charge in [0.1, 0.15) is 6.04 Å². The van der Waals surface area contributed by atoms with Crippen LogP contribution < -0.4 is 5.43 Å². The monoisotopic (exact) mass is 127 g/mol. The van der Waals surface area contributed by atoms with E-state index in [4.69, 9.17) is 0 Å². The molecule has 1 unspecified atom stereocenters. The molecule has 9 heavy (non-hydrogen) atoms. The SMILES string of the molecule is CN(C)C1C=NNC1=O. The summed E-state index contributed by atoms with van der Waals surface area (Å²) >= 11 is 0. The Hall–Kier alpha value is -0.900. The number of carbonyl (C=O) groups is 1. The van der Waals surface area contributed by atoms with E-state index in [-0.39, 0.29) is 11.9 Å². The van der Waals surface area contributed by atoms with Crippen LogP contribution in [-0.4, -0.2) is 37.2 Å². The van der Waals surface area contributed by atoms with Crippen molar-refractivity contribution in [3.05, 3.63) is 0 Å². The number of nitrogens with one attached hydrogen (secondary N) is 1. The number of amides is 1. The summed E-state index contributed by atoms with van der Waals surface area (Å²) in [6.45, 7) is 0. The van der Waals surface area contributed by atoms with Gasteiger partial charge in [0.25, 0.3) is 5.91 Å². The minimum atomic E-state index is -0.176. The molecule has 0 radical (unpaired) electrons. The molecule has 1 aliphatic heterocycles. The second-order valence-electron chi connectivity index (χ2n) is 2.16. The van der Waals surface area contributed by atoms with Gasteiger partial charge >= 0.3 is 0 Å². The Kier molecular flexibility index (Phi) is 1.48. The van der Waals surface area contributed by atoms with E-state index in [2.05, 4.69) is 10.5 Å². The quantitative estimate of drug-likeness (QED) is 0.492. The molecule has 0 aromatic rings. The molecule has 0 fully saturated rings. The van der Waals surface area contributed by atoms with Crippen LogP contribution in [0.5, 0.6) is 0 Å². The lowest BCUT2D eigenvalue weighted by Gasteiger charge is -2.12. The summed E-state index contributed by atoms with van der Waals surface area (Å²) in [5.41, 5.74) is 2.34. The van der Waals surface area contributed by atoms with Gasteiger partial charge in [-0.3, -0.25) is 9.69 Å². The van der Waals surface area contributed by atoms with Crippen LogP contribution >= 0.6 is 0 Å². The molecule has 1 amide bonds. The van der Waals surface area contributed by atoms with Gasteiger partial charge in [-0.25, -0.2) is 5.43 Å². The third-order valence-corrected chi connectivity index (χ3v) is 1.22. The molecule has 0 saturated carbocycles. The fourth-order valence-electron chi connectivity index (χ4n) is 0.673. The first-order valence-corrected chi connectivity index (χ1v) is 2.71. The van der Waals surface area contributed by atoms with Crippen molar-refractivity contribution in [1.29, 1.82) is 0 Å². The van der Waals surface area contributed by atoms with Crippen LogP contribution in [0.2, 0.25) is 0 Å². The molecule has 0 aromatic heterocycles. The summed E-state index contributed by atoms with van der Waals surface area (Å²) in [7, 11) is 3.67. The highest BCUT2D eigenvalue weighted by molar-refractivity contribution is 6.01. The van der Waals surface area contributed by atoms with E-state index in [1.54, 1.807) is 11.1 Å².